The number of aromatic hydroxyl groups is 1. The lowest BCUT2D eigenvalue weighted by Gasteiger charge is -2.50. The highest BCUT2D eigenvalue weighted by Gasteiger charge is 2.58. The van der Waals surface area contributed by atoms with Gasteiger partial charge in [-0.15, -0.1) is 0 Å². The van der Waals surface area contributed by atoms with Crippen molar-refractivity contribution < 1.29 is 24.2 Å². The fourth-order valence-corrected chi connectivity index (χ4v) is 8.31. The molecular weight excluding hydrogens is 490 g/mol. The largest absolute Gasteiger partial charge is 0.508 e. The smallest absolute Gasteiger partial charge is 0.231 e. The molecule has 6 nitrogen and oxygen atoms in total. The van der Waals surface area contributed by atoms with Crippen LogP contribution in [0.5, 0.6) is 17.2 Å². The number of rotatable bonds is 8. The molecule has 0 bridgehead atoms. The summed E-state index contributed by atoms with van der Waals surface area (Å²) in [6.07, 6.45) is 8.86. The standard InChI is InChI=1S/C33H41NO5/c1-3-5-22-15-26-21(16-27(22)35)9-10-25-24(26)12-13-33(2)30(36)17-23(32(25)33)6-4-7-31(37)34-18-20-8-11-28-29(14-20)39-19-38-28/h8,11,14-16,23-25,32,35H,3-7,9-10,12-13,17-19H2,1-2H3,(H,34,37)/t23-,24?,25?,32+,33?/m1/s1. The van der Waals surface area contributed by atoms with Gasteiger partial charge in [-0.25, -0.2) is 0 Å². The van der Waals surface area contributed by atoms with Crippen molar-refractivity contribution in [1.29, 1.82) is 0 Å². The average Bonchev–Trinajstić information content (AvgIpc) is 3.49. The monoisotopic (exact) mass is 531 g/mol. The third-order valence-electron chi connectivity index (χ3n) is 10.2. The van der Waals surface area contributed by atoms with Crippen LogP contribution in [0.25, 0.3) is 0 Å². The predicted octanol–water partition coefficient (Wildman–Crippen LogP) is 6.21. The van der Waals surface area contributed by atoms with E-state index in [0.29, 0.717) is 54.6 Å². The van der Waals surface area contributed by atoms with Crippen molar-refractivity contribution in [2.24, 2.45) is 23.2 Å². The van der Waals surface area contributed by atoms with Crippen LogP contribution in [-0.4, -0.2) is 23.6 Å². The molecule has 0 spiro atoms. The van der Waals surface area contributed by atoms with Crippen molar-refractivity contribution in [1.82, 2.24) is 5.32 Å². The van der Waals surface area contributed by atoms with Gasteiger partial charge in [-0.3, -0.25) is 9.59 Å². The molecule has 0 radical (unpaired) electrons. The molecule has 208 valence electrons. The molecule has 39 heavy (non-hydrogen) atoms. The first-order valence-corrected chi connectivity index (χ1v) is 14.9. The summed E-state index contributed by atoms with van der Waals surface area (Å²) < 4.78 is 10.8. The number of hydrogen-bond donors (Lipinski definition) is 2. The minimum atomic E-state index is -0.228. The molecule has 2 N–H and O–H groups in total. The van der Waals surface area contributed by atoms with E-state index in [4.69, 9.17) is 9.47 Å². The van der Waals surface area contributed by atoms with E-state index in [2.05, 4.69) is 25.2 Å². The quantitative estimate of drug-likeness (QED) is 0.423. The van der Waals surface area contributed by atoms with E-state index in [1.165, 1.54) is 11.1 Å². The molecule has 0 saturated heterocycles. The Hall–Kier alpha value is -3.02. The normalized spacial score (nSPS) is 28.5. The summed E-state index contributed by atoms with van der Waals surface area (Å²) in [4.78, 5) is 26.0. The number of Topliss-reactive ketones (excluding diaryl/α,β-unsaturated/α-hetero) is 1. The Balaban J connectivity index is 1.09. The maximum Gasteiger partial charge on any atom is 0.231 e. The van der Waals surface area contributed by atoms with Crippen molar-refractivity contribution in [2.45, 2.75) is 90.5 Å². The van der Waals surface area contributed by atoms with Crippen molar-refractivity contribution in [3.63, 3.8) is 0 Å². The first kappa shape index (κ1) is 26.2. The van der Waals surface area contributed by atoms with Gasteiger partial charge in [0.05, 0.1) is 0 Å². The summed E-state index contributed by atoms with van der Waals surface area (Å²) >= 11 is 0. The van der Waals surface area contributed by atoms with Crippen molar-refractivity contribution in [2.75, 3.05) is 6.79 Å². The van der Waals surface area contributed by atoms with Crippen molar-refractivity contribution in [3.8, 4) is 17.2 Å². The SMILES string of the molecule is CCCc1cc2c(cc1O)CCC1C2CCC2(C)C(=O)C[C@@H](CCCC(=O)NCc3ccc4c(c3)OCO4)[C@@H]12. The van der Waals surface area contributed by atoms with Crippen LogP contribution in [-0.2, 0) is 29.0 Å². The Morgan fingerprint density at radius 3 is 2.85 bits per heavy atom. The van der Waals surface area contributed by atoms with Crippen LogP contribution in [0, 0.1) is 23.2 Å². The third kappa shape index (κ3) is 4.81. The lowest BCUT2D eigenvalue weighted by Crippen LogP contribution is -2.44. The van der Waals surface area contributed by atoms with Gasteiger partial charge in [0, 0.05) is 24.8 Å². The molecule has 2 aromatic rings. The Morgan fingerprint density at radius 1 is 1.15 bits per heavy atom. The van der Waals surface area contributed by atoms with E-state index in [-0.39, 0.29) is 18.1 Å². The van der Waals surface area contributed by atoms with Gasteiger partial charge in [-0.1, -0.05) is 32.4 Å². The summed E-state index contributed by atoms with van der Waals surface area (Å²) in [7, 11) is 0. The maximum atomic E-state index is 13.4. The minimum Gasteiger partial charge on any atom is -0.508 e. The number of carbonyl (C=O) groups excluding carboxylic acids is 2. The number of hydrogen-bond acceptors (Lipinski definition) is 5. The summed E-state index contributed by atoms with van der Waals surface area (Å²) in [5, 5.41) is 13.6. The highest BCUT2D eigenvalue weighted by Crippen LogP contribution is 2.62. The van der Waals surface area contributed by atoms with Gasteiger partial charge in [0.15, 0.2) is 11.5 Å². The molecule has 4 aliphatic rings. The summed E-state index contributed by atoms with van der Waals surface area (Å²) in [5.41, 5.74) is 4.56. The van der Waals surface area contributed by atoms with Crippen LogP contribution in [0.15, 0.2) is 30.3 Å². The maximum absolute atomic E-state index is 13.4. The van der Waals surface area contributed by atoms with Gasteiger partial charge in [-0.2, -0.15) is 0 Å². The van der Waals surface area contributed by atoms with E-state index >= 15 is 0 Å². The Kier molecular flexibility index (Phi) is 7.07. The van der Waals surface area contributed by atoms with Crippen LogP contribution < -0.4 is 14.8 Å². The van der Waals surface area contributed by atoms with Gasteiger partial charge in [-0.05, 0) is 109 Å². The lowest BCUT2D eigenvalue weighted by molar-refractivity contribution is -0.129. The van der Waals surface area contributed by atoms with Gasteiger partial charge in [0.1, 0.15) is 11.5 Å². The number of nitrogens with one attached hydrogen (secondary N) is 1. The van der Waals surface area contributed by atoms with E-state index in [1.54, 1.807) is 0 Å². The number of benzene rings is 2. The molecule has 2 aromatic carbocycles. The zero-order valence-corrected chi connectivity index (χ0v) is 23.3. The zero-order valence-electron chi connectivity index (χ0n) is 23.3. The Labute approximate surface area is 231 Å². The number of aryl methyl sites for hydroxylation is 2. The highest BCUT2D eigenvalue weighted by atomic mass is 16.7. The molecule has 1 aliphatic heterocycles. The van der Waals surface area contributed by atoms with Crippen LogP contribution in [0.1, 0.15) is 93.4 Å². The van der Waals surface area contributed by atoms with E-state index in [1.807, 2.05) is 24.3 Å². The number of carbonyl (C=O) groups is 2. The molecule has 1 heterocycles. The zero-order chi connectivity index (χ0) is 27.1. The molecule has 3 unspecified atom stereocenters. The van der Waals surface area contributed by atoms with Crippen molar-refractivity contribution in [3.05, 3.63) is 52.6 Å². The topological polar surface area (TPSA) is 84.9 Å². The molecule has 0 aromatic heterocycles. The van der Waals surface area contributed by atoms with Crippen LogP contribution in [0.3, 0.4) is 0 Å². The summed E-state index contributed by atoms with van der Waals surface area (Å²) in [6.45, 7) is 5.09. The average molecular weight is 532 g/mol. The van der Waals surface area contributed by atoms with Crippen LogP contribution in [0.4, 0.5) is 0 Å². The number of amides is 1. The van der Waals surface area contributed by atoms with Gasteiger partial charge >= 0.3 is 0 Å². The van der Waals surface area contributed by atoms with Gasteiger partial charge in [0.2, 0.25) is 12.7 Å². The number of ketones is 1. The first-order chi connectivity index (χ1) is 18.9. The molecule has 5 atom stereocenters. The minimum absolute atomic E-state index is 0.0520. The molecule has 6 rings (SSSR count). The molecule has 2 fully saturated rings. The Bertz CT molecular complexity index is 1270. The van der Waals surface area contributed by atoms with Crippen LogP contribution >= 0.6 is 0 Å². The summed E-state index contributed by atoms with van der Waals surface area (Å²) in [6, 6.07) is 10.1. The van der Waals surface area contributed by atoms with E-state index in [9.17, 15) is 14.7 Å². The molecular formula is C33H41NO5. The predicted molar refractivity (Wildman–Crippen MR) is 149 cm³/mol. The third-order valence-corrected chi connectivity index (χ3v) is 10.2. The fraction of sp³-hybridized carbons (Fsp3) is 0.576. The highest BCUT2D eigenvalue weighted by molar-refractivity contribution is 5.87. The number of fused-ring (bicyclic) bond motifs is 6. The molecule has 6 heteroatoms. The second-order valence-corrected chi connectivity index (χ2v) is 12.5. The summed E-state index contributed by atoms with van der Waals surface area (Å²) in [5.74, 6) is 4.12. The van der Waals surface area contributed by atoms with E-state index in [0.717, 1.165) is 74.0 Å². The lowest BCUT2D eigenvalue weighted by atomic mass is 9.54. The number of ether oxygens (including phenoxy) is 2. The second-order valence-electron chi connectivity index (χ2n) is 12.5. The first-order valence-electron chi connectivity index (χ1n) is 14.9. The van der Waals surface area contributed by atoms with Gasteiger partial charge < -0.3 is 19.9 Å². The molecule has 1 amide bonds. The molecule has 3 aliphatic carbocycles. The van der Waals surface area contributed by atoms with Crippen LogP contribution in [0.2, 0.25) is 0 Å². The van der Waals surface area contributed by atoms with Gasteiger partial charge in [0.25, 0.3) is 0 Å². The Morgan fingerprint density at radius 2 is 2.00 bits per heavy atom. The number of phenolic OH excluding ortho intramolecular Hbond substituents is 1. The molecule has 2 saturated carbocycles. The second kappa shape index (κ2) is 10.5. The van der Waals surface area contributed by atoms with Crippen molar-refractivity contribution >= 4 is 11.7 Å². The van der Waals surface area contributed by atoms with E-state index < -0.39 is 0 Å². The number of phenols is 1. The fourth-order valence-electron chi connectivity index (χ4n) is 8.31.